The largest absolute Gasteiger partial charge is 0.467 e. The number of piperidine rings is 1. The molecule has 1 aromatic carbocycles. The van der Waals surface area contributed by atoms with Crippen LogP contribution in [0.25, 0.3) is 0 Å². The highest BCUT2D eigenvalue weighted by atomic mass is 16.4. The van der Waals surface area contributed by atoms with Crippen LogP contribution in [0.3, 0.4) is 0 Å². The molecule has 31 heavy (non-hydrogen) atoms. The average molecular weight is 421 g/mol. The summed E-state index contributed by atoms with van der Waals surface area (Å²) in [4.78, 5) is 17.4. The molecular formula is C26H32N2O3. The summed E-state index contributed by atoms with van der Waals surface area (Å²) in [5.74, 6) is 2.40. The highest BCUT2D eigenvalue weighted by Gasteiger charge is 2.22. The summed E-state index contributed by atoms with van der Waals surface area (Å²) in [6.45, 7) is 9.36. The van der Waals surface area contributed by atoms with Crippen LogP contribution >= 0.6 is 0 Å². The molecule has 0 radical (unpaired) electrons. The number of anilines is 1. The lowest BCUT2D eigenvalue weighted by atomic mass is 9.86. The molecule has 4 rings (SSSR count). The molecule has 1 aliphatic rings. The van der Waals surface area contributed by atoms with E-state index in [1.54, 1.807) is 11.2 Å². The number of furan rings is 2. The maximum atomic E-state index is 13.4. The van der Waals surface area contributed by atoms with Gasteiger partial charge in [0.15, 0.2) is 5.88 Å². The summed E-state index contributed by atoms with van der Waals surface area (Å²) in [5.41, 5.74) is 1.93. The van der Waals surface area contributed by atoms with Gasteiger partial charge < -0.3 is 18.6 Å². The zero-order valence-electron chi connectivity index (χ0n) is 18.8. The Hall–Kier alpha value is -2.95. The summed E-state index contributed by atoms with van der Waals surface area (Å²) in [6.07, 6.45) is 5.31. The molecule has 0 aliphatic carbocycles. The Bertz CT molecular complexity index is 975. The topological polar surface area (TPSA) is 49.8 Å². The van der Waals surface area contributed by atoms with Gasteiger partial charge in [-0.05, 0) is 60.6 Å². The Balaban J connectivity index is 1.53. The molecule has 1 aliphatic heterocycles. The molecule has 2 aromatic heterocycles. The number of hydrogen-bond donors (Lipinski definition) is 0. The zero-order chi connectivity index (χ0) is 21.8. The normalized spacial score (nSPS) is 14.6. The van der Waals surface area contributed by atoms with E-state index in [-0.39, 0.29) is 11.3 Å². The Labute approximate surface area is 184 Å². The van der Waals surface area contributed by atoms with Crippen LogP contribution < -0.4 is 4.90 Å². The first kappa shape index (κ1) is 21.3. The first-order valence-electron chi connectivity index (χ1n) is 11.2. The first-order chi connectivity index (χ1) is 14.9. The van der Waals surface area contributed by atoms with Gasteiger partial charge in [-0.15, -0.1) is 0 Å². The summed E-state index contributed by atoms with van der Waals surface area (Å²) in [5, 5.41) is 0. The third kappa shape index (κ3) is 5.22. The second kappa shape index (κ2) is 9.04. The molecule has 1 fully saturated rings. The number of carbonyl (C=O) groups excluding carboxylic acids is 1. The molecule has 3 aromatic rings. The molecule has 1 saturated heterocycles. The first-order valence-corrected chi connectivity index (χ1v) is 11.2. The van der Waals surface area contributed by atoms with Gasteiger partial charge in [0.2, 0.25) is 0 Å². The minimum Gasteiger partial charge on any atom is -0.467 e. The highest BCUT2D eigenvalue weighted by molar-refractivity contribution is 5.94. The fourth-order valence-corrected chi connectivity index (χ4v) is 4.01. The maximum absolute atomic E-state index is 13.4. The third-order valence-corrected chi connectivity index (χ3v) is 5.87. The Morgan fingerprint density at radius 2 is 1.65 bits per heavy atom. The number of rotatable bonds is 6. The fraction of sp³-hybridized carbons (Fsp3) is 0.423. The van der Waals surface area contributed by atoms with E-state index in [0.29, 0.717) is 18.7 Å². The maximum Gasteiger partial charge on any atom is 0.254 e. The highest BCUT2D eigenvalue weighted by Crippen LogP contribution is 2.26. The van der Waals surface area contributed by atoms with E-state index >= 15 is 0 Å². The molecule has 0 saturated carbocycles. The number of amides is 1. The van der Waals surface area contributed by atoms with E-state index in [9.17, 15) is 4.79 Å². The fourth-order valence-electron chi connectivity index (χ4n) is 4.01. The summed E-state index contributed by atoms with van der Waals surface area (Å²) in [6, 6.07) is 15.7. The smallest absolute Gasteiger partial charge is 0.254 e. The van der Waals surface area contributed by atoms with Crippen molar-refractivity contribution >= 4 is 11.8 Å². The number of nitrogens with zero attached hydrogens (tertiary/aromatic N) is 2. The molecule has 3 heterocycles. The molecule has 0 bridgehead atoms. The summed E-state index contributed by atoms with van der Waals surface area (Å²) < 4.78 is 11.6. The molecule has 5 nitrogen and oxygen atoms in total. The quantitative estimate of drug-likeness (QED) is 0.490. The van der Waals surface area contributed by atoms with Crippen LogP contribution in [0.2, 0.25) is 0 Å². The molecule has 0 atom stereocenters. The van der Waals surface area contributed by atoms with Crippen molar-refractivity contribution in [1.82, 2.24) is 4.90 Å². The van der Waals surface area contributed by atoms with Crippen LogP contribution in [0.5, 0.6) is 0 Å². The molecule has 0 unspecified atom stereocenters. The number of carbonyl (C=O) groups is 1. The van der Waals surface area contributed by atoms with Crippen LogP contribution in [0.4, 0.5) is 5.88 Å². The Morgan fingerprint density at radius 1 is 0.935 bits per heavy atom. The van der Waals surface area contributed by atoms with E-state index in [1.165, 1.54) is 24.8 Å². The second-order valence-electron chi connectivity index (χ2n) is 9.36. The van der Waals surface area contributed by atoms with Crippen molar-refractivity contribution in [2.75, 3.05) is 18.0 Å². The van der Waals surface area contributed by atoms with E-state index < -0.39 is 0 Å². The van der Waals surface area contributed by atoms with Crippen molar-refractivity contribution in [3.63, 3.8) is 0 Å². The second-order valence-corrected chi connectivity index (χ2v) is 9.36. The van der Waals surface area contributed by atoms with Gasteiger partial charge in [0.1, 0.15) is 11.5 Å². The van der Waals surface area contributed by atoms with Crippen LogP contribution in [-0.2, 0) is 18.5 Å². The van der Waals surface area contributed by atoms with Crippen molar-refractivity contribution in [1.29, 1.82) is 0 Å². The lowest BCUT2D eigenvalue weighted by Crippen LogP contribution is -2.30. The van der Waals surface area contributed by atoms with Crippen LogP contribution in [0.1, 0.15) is 67.5 Å². The summed E-state index contributed by atoms with van der Waals surface area (Å²) >= 11 is 0. The van der Waals surface area contributed by atoms with Gasteiger partial charge in [-0.2, -0.15) is 0 Å². The van der Waals surface area contributed by atoms with E-state index in [1.807, 2.05) is 48.5 Å². The Kier molecular flexibility index (Phi) is 6.21. The predicted octanol–water partition coefficient (Wildman–Crippen LogP) is 6.00. The summed E-state index contributed by atoms with van der Waals surface area (Å²) in [7, 11) is 0. The van der Waals surface area contributed by atoms with Crippen LogP contribution in [0, 0.1) is 0 Å². The van der Waals surface area contributed by atoms with Crippen LogP contribution in [-0.4, -0.2) is 23.9 Å². The number of benzene rings is 1. The van der Waals surface area contributed by atoms with Crippen molar-refractivity contribution in [2.45, 2.75) is 58.5 Å². The average Bonchev–Trinajstić information content (AvgIpc) is 3.45. The van der Waals surface area contributed by atoms with Gasteiger partial charge in [-0.1, -0.05) is 32.9 Å². The predicted molar refractivity (Wildman–Crippen MR) is 122 cm³/mol. The lowest BCUT2D eigenvalue weighted by molar-refractivity contribution is 0.0705. The van der Waals surface area contributed by atoms with E-state index in [2.05, 4.69) is 25.7 Å². The van der Waals surface area contributed by atoms with Crippen molar-refractivity contribution < 1.29 is 13.6 Å². The number of hydrogen-bond acceptors (Lipinski definition) is 4. The lowest BCUT2D eigenvalue weighted by Gasteiger charge is -2.26. The molecule has 0 N–H and O–H groups in total. The van der Waals surface area contributed by atoms with Gasteiger partial charge in [0, 0.05) is 24.7 Å². The molecule has 164 valence electrons. The van der Waals surface area contributed by atoms with Crippen molar-refractivity contribution in [3.05, 3.63) is 77.4 Å². The van der Waals surface area contributed by atoms with Gasteiger partial charge in [0.05, 0.1) is 19.4 Å². The monoisotopic (exact) mass is 420 g/mol. The van der Waals surface area contributed by atoms with Crippen molar-refractivity contribution in [3.8, 4) is 0 Å². The molecule has 1 amide bonds. The van der Waals surface area contributed by atoms with E-state index in [0.717, 1.165) is 30.5 Å². The molecular weight excluding hydrogens is 388 g/mol. The SMILES string of the molecule is CC(C)(C)c1ccc(C(=O)N(Cc2ccco2)Cc2ccc(N3CCCCC3)o2)cc1. The van der Waals surface area contributed by atoms with E-state index in [4.69, 9.17) is 8.83 Å². The van der Waals surface area contributed by atoms with Crippen molar-refractivity contribution in [2.24, 2.45) is 0 Å². The minimum absolute atomic E-state index is 0.0345. The van der Waals surface area contributed by atoms with Gasteiger partial charge in [0.25, 0.3) is 5.91 Å². The van der Waals surface area contributed by atoms with Gasteiger partial charge in [-0.25, -0.2) is 0 Å². The third-order valence-electron chi connectivity index (χ3n) is 5.87. The minimum atomic E-state index is -0.0345. The Morgan fingerprint density at radius 3 is 2.29 bits per heavy atom. The zero-order valence-corrected chi connectivity index (χ0v) is 18.8. The van der Waals surface area contributed by atoms with Gasteiger partial charge >= 0.3 is 0 Å². The standard InChI is InChI=1S/C26H32N2O3/c1-26(2,3)21-11-9-20(10-12-21)25(29)28(18-22-8-7-17-30-22)19-23-13-14-24(31-23)27-15-5-4-6-16-27/h7-14,17H,4-6,15-16,18-19H2,1-3H3. The molecule has 0 spiro atoms. The molecule has 5 heteroatoms. The van der Waals surface area contributed by atoms with Gasteiger partial charge in [-0.3, -0.25) is 4.79 Å². The van der Waals surface area contributed by atoms with Crippen LogP contribution in [0.15, 0.2) is 63.6 Å².